The number of carbonyl (C=O) groups is 1. The smallest absolute Gasteiger partial charge is 0.216 e. The first-order valence-electron chi connectivity index (χ1n) is 6.24. The summed E-state index contributed by atoms with van der Waals surface area (Å²) in [5.74, 6) is 0.192. The fraction of sp³-hybridized carbons (Fsp3) is 0.267. The van der Waals surface area contributed by atoms with Crippen LogP contribution in [-0.2, 0) is 14.3 Å². The molecule has 3 aliphatic rings. The molecule has 0 saturated carbocycles. The standard InChI is InChI=1S/C15H12O4/c16-12-13(9-5-2-1-3-6-9)18-10-7-4-8-11-15(10,19-11)14(12)17/h1-8,11-13,16H. The quantitative estimate of drug-likeness (QED) is 0.769. The number of hydrogen-bond acceptors (Lipinski definition) is 4. The molecule has 0 aromatic heterocycles. The predicted octanol–water partition coefficient (Wildman–Crippen LogP) is 1.28. The average molecular weight is 256 g/mol. The van der Waals surface area contributed by atoms with E-state index in [0.29, 0.717) is 5.76 Å². The lowest BCUT2D eigenvalue weighted by molar-refractivity contribution is -0.149. The Morgan fingerprint density at radius 2 is 2.00 bits per heavy atom. The van der Waals surface area contributed by atoms with Crippen LogP contribution in [0, 0.1) is 0 Å². The molecule has 19 heavy (non-hydrogen) atoms. The maximum atomic E-state index is 12.4. The summed E-state index contributed by atoms with van der Waals surface area (Å²) in [4.78, 5) is 12.4. The van der Waals surface area contributed by atoms with Gasteiger partial charge >= 0.3 is 0 Å². The summed E-state index contributed by atoms with van der Waals surface area (Å²) in [7, 11) is 0. The van der Waals surface area contributed by atoms with Gasteiger partial charge in [0.1, 0.15) is 11.9 Å². The van der Waals surface area contributed by atoms with Crippen LogP contribution in [-0.4, -0.2) is 28.7 Å². The molecule has 2 fully saturated rings. The van der Waals surface area contributed by atoms with Crippen molar-refractivity contribution in [3.8, 4) is 0 Å². The topological polar surface area (TPSA) is 59.1 Å². The van der Waals surface area contributed by atoms with Gasteiger partial charge in [-0.05, 0) is 11.6 Å². The summed E-state index contributed by atoms with van der Waals surface area (Å²) in [5, 5.41) is 10.2. The first-order valence-corrected chi connectivity index (χ1v) is 6.24. The van der Waals surface area contributed by atoms with Crippen molar-refractivity contribution in [2.75, 3.05) is 0 Å². The Kier molecular flexibility index (Phi) is 2.05. The molecule has 2 aliphatic heterocycles. The van der Waals surface area contributed by atoms with Crippen LogP contribution in [0.5, 0.6) is 0 Å². The highest BCUT2D eigenvalue weighted by atomic mass is 16.7. The van der Waals surface area contributed by atoms with E-state index in [2.05, 4.69) is 0 Å². The highest BCUT2D eigenvalue weighted by molar-refractivity contribution is 5.99. The van der Waals surface area contributed by atoms with Crippen molar-refractivity contribution in [1.29, 1.82) is 0 Å². The van der Waals surface area contributed by atoms with E-state index in [1.54, 1.807) is 12.2 Å². The Morgan fingerprint density at radius 3 is 2.79 bits per heavy atom. The lowest BCUT2D eigenvalue weighted by atomic mass is 9.84. The van der Waals surface area contributed by atoms with E-state index in [1.165, 1.54) is 0 Å². The van der Waals surface area contributed by atoms with E-state index in [0.717, 1.165) is 5.56 Å². The van der Waals surface area contributed by atoms with E-state index in [9.17, 15) is 9.90 Å². The van der Waals surface area contributed by atoms with Crippen LogP contribution < -0.4 is 0 Å². The zero-order valence-electron chi connectivity index (χ0n) is 10.0. The second kappa shape index (κ2) is 3.56. The highest BCUT2D eigenvalue weighted by Crippen LogP contribution is 2.53. The number of rotatable bonds is 1. The van der Waals surface area contributed by atoms with Crippen molar-refractivity contribution in [2.24, 2.45) is 0 Å². The van der Waals surface area contributed by atoms with Crippen molar-refractivity contribution >= 4 is 5.78 Å². The van der Waals surface area contributed by atoms with Gasteiger partial charge < -0.3 is 14.6 Å². The van der Waals surface area contributed by atoms with Gasteiger partial charge in [-0.3, -0.25) is 4.79 Å². The molecule has 1 aliphatic carbocycles. The molecule has 1 spiro atoms. The number of aliphatic hydroxyl groups excluding tert-OH is 1. The van der Waals surface area contributed by atoms with Crippen molar-refractivity contribution in [1.82, 2.24) is 0 Å². The molecule has 4 rings (SSSR count). The number of hydrogen-bond donors (Lipinski definition) is 1. The lowest BCUT2D eigenvalue weighted by Crippen LogP contribution is -2.48. The summed E-state index contributed by atoms with van der Waals surface area (Å²) in [6, 6.07) is 9.26. The second-order valence-electron chi connectivity index (χ2n) is 4.95. The molecule has 0 radical (unpaired) electrons. The number of allylic oxidation sites excluding steroid dienone is 2. The van der Waals surface area contributed by atoms with Crippen molar-refractivity contribution in [3.63, 3.8) is 0 Å². The minimum atomic E-state index is -1.20. The first kappa shape index (κ1) is 11.0. The van der Waals surface area contributed by atoms with Crippen LogP contribution in [0.1, 0.15) is 11.7 Å². The van der Waals surface area contributed by atoms with Gasteiger partial charge in [-0.2, -0.15) is 0 Å². The van der Waals surface area contributed by atoms with Crippen LogP contribution in [0.4, 0.5) is 0 Å². The number of ether oxygens (including phenoxy) is 2. The zero-order valence-corrected chi connectivity index (χ0v) is 10.0. The molecule has 1 N–H and O–H groups in total. The number of aliphatic hydroxyl groups is 1. The maximum absolute atomic E-state index is 12.4. The number of ketones is 1. The molecule has 0 bridgehead atoms. The van der Waals surface area contributed by atoms with Gasteiger partial charge in [0.15, 0.2) is 12.2 Å². The van der Waals surface area contributed by atoms with E-state index in [-0.39, 0.29) is 11.9 Å². The van der Waals surface area contributed by atoms with Crippen LogP contribution in [0.15, 0.2) is 54.3 Å². The minimum absolute atomic E-state index is 0.286. The predicted molar refractivity (Wildman–Crippen MR) is 66.1 cm³/mol. The van der Waals surface area contributed by atoms with E-state index < -0.39 is 17.8 Å². The largest absolute Gasteiger partial charge is 0.483 e. The van der Waals surface area contributed by atoms with Crippen molar-refractivity contribution in [2.45, 2.75) is 23.9 Å². The summed E-state index contributed by atoms with van der Waals surface area (Å²) in [6.45, 7) is 0. The van der Waals surface area contributed by atoms with Gasteiger partial charge in [0.25, 0.3) is 0 Å². The monoisotopic (exact) mass is 256 g/mol. The van der Waals surface area contributed by atoms with Gasteiger partial charge in [0, 0.05) is 0 Å². The van der Waals surface area contributed by atoms with Gasteiger partial charge in [-0.25, -0.2) is 0 Å². The molecular weight excluding hydrogens is 244 g/mol. The molecule has 4 unspecified atom stereocenters. The molecule has 2 heterocycles. The number of carbonyl (C=O) groups excluding carboxylic acids is 1. The van der Waals surface area contributed by atoms with Crippen LogP contribution in [0.25, 0.3) is 0 Å². The van der Waals surface area contributed by atoms with Gasteiger partial charge in [-0.15, -0.1) is 0 Å². The average Bonchev–Trinajstić information content (AvgIpc) is 3.19. The first-order chi connectivity index (χ1) is 9.23. The normalized spacial score (nSPS) is 38.9. The van der Waals surface area contributed by atoms with E-state index in [4.69, 9.17) is 9.47 Å². The molecule has 4 atom stereocenters. The van der Waals surface area contributed by atoms with Gasteiger partial charge in [-0.1, -0.05) is 42.5 Å². The summed E-state index contributed by atoms with van der Waals surface area (Å²) in [6.07, 6.45) is 3.21. The van der Waals surface area contributed by atoms with Crippen LogP contribution in [0.3, 0.4) is 0 Å². The fourth-order valence-corrected chi connectivity index (χ4v) is 2.81. The summed E-state index contributed by atoms with van der Waals surface area (Å²) < 4.78 is 11.3. The number of Topliss-reactive ketones (excluding diaryl/α,β-unsaturated/α-hetero) is 1. The Morgan fingerprint density at radius 1 is 1.21 bits per heavy atom. The fourth-order valence-electron chi connectivity index (χ4n) is 2.81. The van der Waals surface area contributed by atoms with E-state index >= 15 is 0 Å². The molecule has 96 valence electrons. The zero-order chi connectivity index (χ0) is 13.0. The highest BCUT2D eigenvalue weighted by Gasteiger charge is 2.70. The molecule has 4 nitrogen and oxygen atoms in total. The third-order valence-corrected chi connectivity index (χ3v) is 3.86. The Balaban J connectivity index is 1.75. The molecule has 2 saturated heterocycles. The SMILES string of the molecule is O=C1C(O)C(c2ccccc2)OC2=CC=CC3OC123. The molecule has 4 heteroatoms. The molecular formula is C15H12O4. The van der Waals surface area contributed by atoms with Crippen LogP contribution >= 0.6 is 0 Å². The van der Waals surface area contributed by atoms with Crippen molar-refractivity contribution in [3.05, 3.63) is 59.9 Å². The van der Waals surface area contributed by atoms with Crippen LogP contribution in [0.2, 0.25) is 0 Å². The summed E-state index contributed by atoms with van der Waals surface area (Å²) in [5.41, 5.74) is -0.273. The second-order valence-corrected chi connectivity index (χ2v) is 4.95. The third-order valence-electron chi connectivity index (χ3n) is 3.86. The number of benzene rings is 1. The minimum Gasteiger partial charge on any atom is -0.483 e. The van der Waals surface area contributed by atoms with Gasteiger partial charge in [0.2, 0.25) is 11.4 Å². The Hall–Kier alpha value is -1.91. The summed E-state index contributed by atoms with van der Waals surface area (Å²) >= 11 is 0. The molecule has 1 aromatic rings. The van der Waals surface area contributed by atoms with Gasteiger partial charge in [0.05, 0.1) is 0 Å². The maximum Gasteiger partial charge on any atom is 0.216 e. The van der Waals surface area contributed by atoms with E-state index in [1.807, 2.05) is 36.4 Å². The Bertz CT molecular complexity index is 604. The third kappa shape index (κ3) is 1.33. The molecule has 0 amide bonds. The Labute approximate surface area is 110 Å². The number of epoxide rings is 1. The van der Waals surface area contributed by atoms with Crippen molar-refractivity contribution < 1.29 is 19.4 Å². The lowest BCUT2D eigenvalue weighted by Gasteiger charge is -2.34. The molecule has 1 aromatic carbocycles.